The van der Waals surface area contributed by atoms with Crippen LogP contribution in [0.5, 0.6) is 0 Å². The van der Waals surface area contributed by atoms with Gasteiger partial charge in [0.05, 0.1) is 6.61 Å². The molecule has 0 amide bonds. The summed E-state index contributed by atoms with van der Waals surface area (Å²) < 4.78 is 0. The number of hydrogen-bond acceptors (Lipinski definition) is 4. The highest BCUT2D eigenvalue weighted by Gasteiger charge is 2.08. The first-order valence-electron chi connectivity index (χ1n) is 8.06. The number of rotatable bonds is 7. The molecule has 0 radical (unpaired) electrons. The van der Waals surface area contributed by atoms with Crippen molar-refractivity contribution in [1.29, 1.82) is 0 Å². The van der Waals surface area contributed by atoms with Crippen LogP contribution in [0.3, 0.4) is 0 Å². The van der Waals surface area contributed by atoms with E-state index in [0.717, 1.165) is 24.2 Å². The van der Waals surface area contributed by atoms with Crippen LogP contribution < -0.4 is 0 Å². The fourth-order valence-electron chi connectivity index (χ4n) is 2.76. The van der Waals surface area contributed by atoms with Crippen molar-refractivity contribution >= 4 is 0 Å². The molecule has 4 nitrogen and oxygen atoms in total. The summed E-state index contributed by atoms with van der Waals surface area (Å²) >= 11 is 0. The zero-order valence-electron chi connectivity index (χ0n) is 13.5. The summed E-state index contributed by atoms with van der Waals surface area (Å²) in [7, 11) is 0. The van der Waals surface area contributed by atoms with Crippen molar-refractivity contribution in [2.75, 3.05) is 13.2 Å². The maximum absolute atomic E-state index is 9.36. The molecule has 1 N–H and O–H groups in total. The van der Waals surface area contributed by atoms with Crippen LogP contribution in [0.25, 0.3) is 11.1 Å². The molecule has 4 heteroatoms. The minimum atomic E-state index is 0.143. The lowest BCUT2D eigenvalue weighted by Gasteiger charge is -2.21. The predicted octanol–water partition coefficient (Wildman–Crippen LogP) is 3.14. The van der Waals surface area contributed by atoms with Crippen molar-refractivity contribution in [1.82, 2.24) is 14.9 Å². The molecule has 0 fully saturated rings. The van der Waals surface area contributed by atoms with E-state index >= 15 is 0 Å². The lowest BCUT2D eigenvalue weighted by atomic mass is 10.0. The average Bonchev–Trinajstić information content (AvgIpc) is 2.64. The van der Waals surface area contributed by atoms with Crippen molar-refractivity contribution in [3.05, 3.63) is 84.4 Å². The molecule has 0 aliphatic heterocycles. The molecule has 122 valence electrons. The lowest BCUT2D eigenvalue weighted by Crippen LogP contribution is -2.26. The van der Waals surface area contributed by atoms with E-state index in [0.29, 0.717) is 6.54 Å². The van der Waals surface area contributed by atoms with Crippen LogP contribution in [0.15, 0.2) is 73.3 Å². The topological polar surface area (TPSA) is 49.2 Å². The van der Waals surface area contributed by atoms with Gasteiger partial charge >= 0.3 is 0 Å². The zero-order valence-corrected chi connectivity index (χ0v) is 13.5. The summed E-state index contributed by atoms with van der Waals surface area (Å²) in [6, 6.07) is 16.5. The van der Waals surface area contributed by atoms with E-state index in [1.807, 2.05) is 36.8 Å². The van der Waals surface area contributed by atoms with Gasteiger partial charge in [0.25, 0.3) is 0 Å². The second-order valence-corrected chi connectivity index (χ2v) is 5.73. The summed E-state index contributed by atoms with van der Waals surface area (Å²) in [6.45, 7) is 2.33. The Kier molecular flexibility index (Phi) is 5.66. The Labute approximate surface area is 142 Å². The third kappa shape index (κ3) is 4.47. The largest absolute Gasteiger partial charge is 0.395 e. The fraction of sp³-hybridized carbons (Fsp3) is 0.200. The van der Waals surface area contributed by atoms with Crippen molar-refractivity contribution in [3.63, 3.8) is 0 Å². The van der Waals surface area contributed by atoms with E-state index in [9.17, 15) is 5.11 Å². The first kappa shape index (κ1) is 16.3. The number of aliphatic hydroxyl groups excluding tert-OH is 1. The molecule has 3 rings (SSSR count). The second-order valence-electron chi connectivity index (χ2n) is 5.73. The maximum Gasteiger partial charge on any atom is 0.0558 e. The standard InChI is InChI=1S/C20H21N3O/c24-12-11-23(16-18-4-2-8-22-14-18)15-17-3-1-5-20(13-17)19-6-9-21-10-7-19/h1-10,13-14,24H,11-12,15-16H2. The van der Waals surface area contributed by atoms with E-state index < -0.39 is 0 Å². The number of benzene rings is 1. The Bertz CT molecular complexity index is 747. The monoisotopic (exact) mass is 319 g/mol. The number of nitrogens with zero attached hydrogens (tertiary/aromatic N) is 3. The summed E-state index contributed by atoms with van der Waals surface area (Å²) in [5.74, 6) is 0. The van der Waals surface area contributed by atoms with Crippen LogP contribution in [0.4, 0.5) is 0 Å². The number of aromatic nitrogens is 2. The number of pyridine rings is 2. The maximum atomic E-state index is 9.36. The quantitative estimate of drug-likeness (QED) is 0.727. The van der Waals surface area contributed by atoms with E-state index in [4.69, 9.17) is 0 Å². The van der Waals surface area contributed by atoms with Crippen LogP contribution in [-0.2, 0) is 13.1 Å². The van der Waals surface area contributed by atoms with Gasteiger partial charge in [-0.05, 0) is 46.5 Å². The summed E-state index contributed by atoms with van der Waals surface area (Å²) in [5.41, 5.74) is 4.71. The first-order chi connectivity index (χ1) is 11.8. The smallest absolute Gasteiger partial charge is 0.0558 e. The Morgan fingerprint density at radius 2 is 1.58 bits per heavy atom. The van der Waals surface area contributed by atoms with E-state index in [-0.39, 0.29) is 6.61 Å². The van der Waals surface area contributed by atoms with Crippen molar-refractivity contribution in [2.45, 2.75) is 13.1 Å². The zero-order chi connectivity index (χ0) is 16.6. The Morgan fingerprint density at radius 3 is 2.33 bits per heavy atom. The lowest BCUT2D eigenvalue weighted by molar-refractivity contribution is 0.184. The molecule has 2 aromatic heterocycles. The highest BCUT2D eigenvalue weighted by Crippen LogP contribution is 2.20. The molecular formula is C20H21N3O. The van der Waals surface area contributed by atoms with Crippen molar-refractivity contribution in [2.24, 2.45) is 0 Å². The molecule has 2 heterocycles. The Hall–Kier alpha value is -2.56. The van der Waals surface area contributed by atoms with Crippen LogP contribution in [0.2, 0.25) is 0 Å². The molecule has 0 aliphatic carbocycles. The molecule has 1 aromatic carbocycles. The van der Waals surface area contributed by atoms with Gasteiger partial charge < -0.3 is 5.11 Å². The fourth-order valence-corrected chi connectivity index (χ4v) is 2.76. The Morgan fingerprint density at radius 1 is 0.792 bits per heavy atom. The molecule has 0 aliphatic rings. The minimum absolute atomic E-state index is 0.143. The van der Waals surface area contributed by atoms with E-state index in [1.165, 1.54) is 11.1 Å². The van der Waals surface area contributed by atoms with Crippen LogP contribution >= 0.6 is 0 Å². The van der Waals surface area contributed by atoms with Gasteiger partial charge in [-0.2, -0.15) is 0 Å². The molecule has 3 aromatic rings. The summed E-state index contributed by atoms with van der Waals surface area (Å²) in [6.07, 6.45) is 7.26. The van der Waals surface area contributed by atoms with Crippen LogP contribution in [0.1, 0.15) is 11.1 Å². The van der Waals surface area contributed by atoms with Gasteiger partial charge in [0.15, 0.2) is 0 Å². The molecule has 0 spiro atoms. The normalized spacial score (nSPS) is 10.9. The van der Waals surface area contributed by atoms with Crippen molar-refractivity contribution < 1.29 is 5.11 Å². The second kappa shape index (κ2) is 8.34. The van der Waals surface area contributed by atoms with Gasteiger partial charge in [-0.3, -0.25) is 14.9 Å². The van der Waals surface area contributed by atoms with E-state index in [2.05, 4.69) is 45.2 Å². The van der Waals surface area contributed by atoms with Gasteiger partial charge in [0, 0.05) is 44.4 Å². The minimum Gasteiger partial charge on any atom is -0.395 e. The SMILES string of the molecule is OCCN(Cc1cccnc1)Cc1cccc(-c2ccncc2)c1. The predicted molar refractivity (Wildman–Crippen MR) is 95.1 cm³/mol. The van der Waals surface area contributed by atoms with Gasteiger partial charge in [-0.15, -0.1) is 0 Å². The number of aliphatic hydroxyl groups is 1. The molecule has 0 saturated carbocycles. The molecule has 0 saturated heterocycles. The third-order valence-electron chi connectivity index (χ3n) is 3.89. The summed E-state index contributed by atoms with van der Waals surface area (Å²) in [5, 5.41) is 9.36. The van der Waals surface area contributed by atoms with E-state index in [1.54, 1.807) is 6.20 Å². The Balaban J connectivity index is 1.75. The molecule has 0 atom stereocenters. The highest BCUT2D eigenvalue weighted by molar-refractivity contribution is 5.63. The molecule has 24 heavy (non-hydrogen) atoms. The third-order valence-corrected chi connectivity index (χ3v) is 3.89. The molecule has 0 bridgehead atoms. The molecular weight excluding hydrogens is 298 g/mol. The van der Waals surface area contributed by atoms with Gasteiger partial charge in [-0.1, -0.05) is 24.3 Å². The highest BCUT2D eigenvalue weighted by atomic mass is 16.3. The van der Waals surface area contributed by atoms with Gasteiger partial charge in [0.2, 0.25) is 0 Å². The van der Waals surface area contributed by atoms with Crippen LogP contribution in [-0.4, -0.2) is 33.1 Å². The summed E-state index contributed by atoms with van der Waals surface area (Å²) in [4.78, 5) is 10.5. The average molecular weight is 319 g/mol. The molecule has 0 unspecified atom stereocenters. The van der Waals surface area contributed by atoms with Gasteiger partial charge in [0.1, 0.15) is 0 Å². The first-order valence-corrected chi connectivity index (χ1v) is 8.06. The number of hydrogen-bond donors (Lipinski definition) is 1. The van der Waals surface area contributed by atoms with Gasteiger partial charge in [-0.25, -0.2) is 0 Å². The van der Waals surface area contributed by atoms with Crippen LogP contribution in [0, 0.1) is 0 Å². The van der Waals surface area contributed by atoms with Crippen molar-refractivity contribution in [3.8, 4) is 11.1 Å².